The van der Waals surface area contributed by atoms with Gasteiger partial charge in [-0.15, -0.1) is 0 Å². The molecular formula is C8H17O7P2-3. The second-order valence-electron chi connectivity index (χ2n) is 3.58. The topological polar surface area (TPSA) is 122 Å². The van der Waals surface area contributed by atoms with Gasteiger partial charge in [-0.05, 0) is 6.42 Å². The van der Waals surface area contributed by atoms with Gasteiger partial charge in [0.2, 0.25) is 0 Å². The van der Waals surface area contributed by atoms with Gasteiger partial charge < -0.3 is 23.8 Å². The largest absolute Gasteiger partial charge is 0.790 e. The standard InChI is InChI=1S/C8H20O7P2/c1-2-3-4-5-6-7-8-14-17(12,13)15-16(9,10)11/h2-8H2,1H3,(H,12,13)(H2,9,10,11)/p-3. The summed E-state index contributed by atoms with van der Waals surface area (Å²) in [4.78, 5) is 30.9. The van der Waals surface area contributed by atoms with Crippen LogP contribution in [0.2, 0.25) is 0 Å². The van der Waals surface area contributed by atoms with Crippen LogP contribution < -0.4 is 14.7 Å². The predicted molar refractivity (Wildman–Crippen MR) is 55.6 cm³/mol. The van der Waals surface area contributed by atoms with E-state index in [-0.39, 0.29) is 6.61 Å². The molecule has 1 atom stereocenters. The van der Waals surface area contributed by atoms with Crippen molar-refractivity contribution in [2.24, 2.45) is 0 Å². The average Bonchev–Trinajstić information content (AvgIpc) is 2.12. The van der Waals surface area contributed by atoms with Crippen LogP contribution in [-0.4, -0.2) is 6.61 Å². The summed E-state index contributed by atoms with van der Waals surface area (Å²) in [6.45, 7) is 1.91. The highest BCUT2D eigenvalue weighted by Gasteiger charge is 2.10. The van der Waals surface area contributed by atoms with E-state index in [1.807, 2.05) is 0 Å². The Labute approximate surface area is 101 Å². The molecular weight excluding hydrogens is 270 g/mol. The lowest BCUT2D eigenvalue weighted by molar-refractivity contribution is -0.339. The molecule has 0 fully saturated rings. The van der Waals surface area contributed by atoms with Gasteiger partial charge in [-0.3, -0.25) is 8.88 Å². The highest BCUT2D eigenvalue weighted by molar-refractivity contribution is 7.58. The van der Waals surface area contributed by atoms with Gasteiger partial charge in [0.1, 0.15) is 0 Å². The normalized spacial score (nSPS) is 15.8. The Hall–Kier alpha value is 0.260. The zero-order valence-electron chi connectivity index (χ0n) is 9.70. The van der Waals surface area contributed by atoms with Gasteiger partial charge in [-0.1, -0.05) is 39.0 Å². The van der Waals surface area contributed by atoms with Crippen LogP contribution in [0.1, 0.15) is 45.4 Å². The number of unbranched alkanes of at least 4 members (excludes halogenated alkanes) is 5. The third kappa shape index (κ3) is 12.5. The van der Waals surface area contributed by atoms with Crippen LogP contribution in [0.3, 0.4) is 0 Å². The molecule has 0 aromatic heterocycles. The van der Waals surface area contributed by atoms with E-state index in [2.05, 4.69) is 15.8 Å². The van der Waals surface area contributed by atoms with Crippen molar-refractivity contribution in [1.29, 1.82) is 0 Å². The molecule has 0 aliphatic carbocycles. The minimum absolute atomic E-state index is 0.174. The summed E-state index contributed by atoms with van der Waals surface area (Å²) in [7, 11) is -10.6. The lowest BCUT2D eigenvalue weighted by atomic mass is 10.1. The first-order chi connectivity index (χ1) is 7.77. The fourth-order valence-electron chi connectivity index (χ4n) is 1.20. The maximum atomic E-state index is 10.8. The Bertz CT molecular complexity index is 288. The van der Waals surface area contributed by atoms with Crippen LogP contribution in [-0.2, 0) is 18.0 Å². The van der Waals surface area contributed by atoms with Crippen LogP contribution >= 0.6 is 15.6 Å². The van der Waals surface area contributed by atoms with E-state index in [0.717, 1.165) is 32.1 Å². The SMILES string of the molecule is CCCCCCCCOP(=O)([O-])OP(=O)([O-])[O-]. The zero-order chi connectivity index (χ0) is 13.4. The number of phosphoric acid groups is 2. The number of rotatable bonds is 10. The Morgan fingerprint density at radius 3 is 2.00 bits per heavy atom. The molecule has 0 bridgehead atoms. The van der Waals surface area contributed by atoms with Gasteiger partial charge in [0.25, 0.3) is 7.82 Å². The summed E-state index contributed by atoms with van der Waals surface area (Å²) >= 11 is 0. The summed E-state index contributed by atoms with van der Waals surface area (Å²) in [6, 6.07) is 0. The molecule has 0 N–H and O–H groups in total. The number of hydrogen-bond acceptors (Lipinski definition) is 7. The average molecular weight is 287 g/mol. The van der Waals surface area contributed by atoms with Crippen molar-refractivity contribution in [3.05, 3.63) is 0 Å². The first-order valence-electron chi connectivity index (χ1n) is 5.46. The van der Waals surface area contributed by atoms with E-state index in [9.17, 15) is 23.8 Å². The maximum absolute atomic E-state index is 10.8. The van der Waals surface area contributed by atoms with Crippen molar-refractivity contribution in [2.45, 2.75) is 45.4 Å². The number of hydrogen-bond donors (Lipinski definition) is 0. The summed E-state index contributed by atoms with van der Waals surface area (Å²) in [5.74, 6) is 0. The second kappa shape index (κ2) is 8.38. The molecule has 17 heavy (non-hydrogen) atoms. The van der Waals surface area contributed by atoms with E-state index in [1.165, 1.54) is 0 Å². The van der Waals surface area contributed by atoms with Crippen molar-refractivity contribution in [1.82, 2.24) is 0 Å². The van der Waals surface area contributed by atoms with Crippen molar-refractivity contribution >= 4 is 15.6 Å². The molecule has 0 aromatic rings. The Morgan fingerprint density at radius 1 is 0.941 bits per heavy atom. The van der Waals surface area contributed by atoms with Gasteiger partial charge in [-0.25, -0.2) is 0 Å². The first-order valence-corrected chi connectivity index (χ1v) is 8.38. The minimum atomic E-state index is -5.56. The maximum Gasteiger partial charge on any atom is 0.271 e. The Morgan fingerprint density at radius 2 is 1.47 bits per heavy atom. The molecule has 104 valence electrons. The summed E-state index contributed by atoms with van der Waals surface area (Å²) < 4.78 is 28.4. The monoisotopic (exact) mass is 287 g/mol. The molecule has 0 radical (unpaired) electrons. The van der Waals surface area contributed by atoms with E-state index in [0.29, 0.717) is 6.42 Å². The molecule has 0 aliphatic rings. The molecule has 0 saturated heterocycles. The van der Waals surface area contributed by atoms with Gasteiger partial charge >= 0.3 is 0 Å². The second-order valence-corrected chi connectivity index (χ2v) is 6.28. The number of phosphoric ester groups is 1. The van der Waals surface area contributed by atoms with Crippen LogP contribution in [0.4, 0.5) is 0 Å². The lowest BCUT2D eigenvalue weighted by Gasteiger charge is -2.35. The van der Waals surface area contributed by atoms with Crippen LogP contribution in [0.25, 0.3) is 0 Å². The smallest absolute Gasteiger partial charge is 0.271 e. The fraction of sp³-hybridized carbons (Fsp3) is 1.00. The van der Waals surface area contributed by atoms with E-state index in [1.54, 1.807) is 0 Å². The van der Waals surface area contributed by atoms with Crippen LogP contribution in [0.15, 0.2) is 0 Å². The van der Waals surface area contributed by atoms with Crippen molar-refractivity contribution in [2.75, 3.05) is 6.61 Å². The fourth-order valence-corrected chi connectivity index (χ4v) is 2.73. The summed E-state index contributed by atoms with van der Waals surface area (Å²) in [5, 5.41) is 0. The Balaban J connectivity index is 3.60. The van der Waals surface area contributed by atoms with E-state index >= 15 is 0 Å². The quantitative estimate of drug-likeness (QED) is 0.427. The van der Waals surface area contributed by atoms with Crippen molar-refractivity contribution in [3.63, 3.8) is 0 Å². The van der Waals surface area contributed by atoms with Gasteiger partial charge in [0.05, 0.1) is 14.4 Å². The van der Waals surface area contributed by atoms with Gasteiger partial charge in [0.15, 0.2) is 0 Å². The summed E-state index contributed by atoms with van der Waals surface area (Å²) in [6.07, 6.45) is 5.52. The molecule has 7 nitrogen and oxygen atoms in total. The highest BCUT2D eigenvalue weighted by Crippen LogP contribution is 2.50. The molecule has 0 saturated carbocycles. The molecule has 1 unspecified atom stereocenters. The highest BCUT2D eigenvalue weighted by atomic mass is 31.3. The summed E-state index contributed by atoms with van der Waals surface area (Å²) in [5.41, 5.74) is 0. The van der Waals surface area contributed by atoms with Crippen LogP contribution in [0.5, 0.6) is 0 Å². The molecule has 0 amide bonds. The molecule has 0 aromatic carbocycles. The van der Waals surface area contributed by atoms with Gasteiger partial charge in [-0.2, -0.15) is 0 Å². The molecule has 0 aliphatic heterocycles. The van der Waals surface area contributed by atoms with Crippen LogP contribution in [0, 0.1) is 0 Å². The lowest BCUT2D eigenvalue weighted by Crippen LogP contribution is -2.19. The van der Waals surface area contributed by atoms with E-state index in [4.69, 9.17) is 0 Å². The third-order valence-corrected chi connectivity index (χ3v) is 4.05. The molecule has 0 rings (SSSR count). The first kappa shape index (κ1) is 17.3. The third-order valence-electron chi connectivity index (χ3n) is 1.95. The molecule has 0 heterocycles. The van der Waals surface area contributed by atoms with E-state index < -0.39 is 15.6 Å². The van der Waals surface area contributed by atoms with Crippen molar-refractivity contribution in [3.8, 4) is 0 Å². The minimum Gasteiger partial charge on any atom is -0.790 e. The van der Waals surface area contributed by atoms with Gasteiger partial charge in [0, 0.05) is 0 Å². The predicted octanol–water partition coefficient (Wildman–Crippen LogP) is 0.677. The molecule has 9 heteroatoms. The molecule has 0 spiro atoms. The van der Waals surface area contributed by atoms with Crippen molar-refractivity contribution < 1.29 is 32.6 Å². The zero-order valence-corrected chi connectivity index (χ0v) is 11.5. The Kier molecular flexibility index (Phi) is 8.51.